The summed E-state index contributed by atoms with van der Waals surface area (Å²) in [6.07, 6.45) is 3.27. The van der Waals surface area contributed by atoms with E-state index in [0.29, 0.717) is 16.9 Å². The van der Waals surface area contributed by atoms with Gasteiger partial charge in [0.25, 0.3) is 5.91 Å². The van der Waals surface area contributed by atoms with Crippen molar-refractivity contribution in [3.63, 3.8) is 0 Å². The molecule has 0 saturated carbocycles. The van der Waals surface area contributed by atoms with E-state index < -0.39 is 0 Å². The van der Waals surface area contributed by atoms with E-state index in [9.17, 15) is 4.79 Å². The molecule has 2 aliphatic rings. The van der Waals surface area contributed by atoms with E-state index in [1.54, 1.807) is 11.8 Å². The number of amides is 1. The quantitative estimate of drug-likeness (QED) is 0.254. The first-order valence-corrected chi connectivity index (χ1v) is 13.3. The molecule has 1 saturated heterocycles. The third kappa shape index (κ3) is 5.39. The van der Waals surface area contributed by atoms with Gasteiger partial charge in [-0.3, -0.25) is 4.79 Å². The molecule has 3 aromatic rings. The number of rotatable bonds is 5. The van der Waals surface area contributed by atoms with E-state index in [2.05, 4.69) is 35.0 Å². The Morgan fingerprint density at radius 1 is 1.03 bits per heavy atom. The van der Waals surface area contributed by atoms with E-state index >= 15 is 0 Å². The molecule has 7 heteroatoms. The van der Waals surface area contributed by atoms with Crippen molar-refractivity contribution in [2.75, 3.05) is 24.5 Å². The van der Waals surface area contributed by atoms with E-state index in [4.69, 9.17) is 16.6 Å². The lowest BCUT2D eigenvalue weighted by Gasteiger charge is -2.31. The van der Waals surface area contributed by atoms with E-state index in [0.717, 1.165) is 54.7 Å². The first-order chi connectivity index (χ1) is 16.5. The molecule has 0 radical (unpaired) electrons. The lowest BCUT2D eigenvalue weighted by Crippen LogP contribution is -2.35. The largest absolute Gasteiger partial charge is 0.356 e. The van der Waals surface area contributed by atoms with Crippen molar-refractivity contribution in [1.82, 2.24) is 14.9 Å². The van der Waals surface area contributed by atoms with Crippen molar-refractivity contribution in [3.8, 4) is 0 Å². The summed E-state index contributed by atoms with van der Waals surface area (Å²) in [6, 6.07) is 18.1. The molecule has 1 aromatic heterocycles. The molecule has 5 rings (SSSR count). The number of halogens is 1. The van der Waals surface area contributed by atoms with Gasteiger partial charge in [0.15, 0.2) is 5.16 Å². The number of aromatic nitrogens is 2. The highest BCUT2D eigenvalue weighted by atomic mass is 35.5. The molecule has 34 heavy (non-hydrogen) atoms. The highest BCUT2D eigenvalue weighted by Crippen LogP contribution is 2.28. The smallest absolute Gasteiger partial charge is 0.254 e. The maximum Gasteiger partial charge on any atom is 0.254 e. The van der Waals surface area contributed by atoms with Crippen molar-refractivity contribution in [1.29, 1.82) is 0 Å². The molecule has 2 aromatic carbocycles. The molecular formula is C27H29ClN4OS. The molecule has 2 aliphatic heterocycles. The van der Waals surface area contributed by atoms with Crippen LogP contribution in [0.1, 0.15) is 46.8 Å². The first kappa shape index (κ1) is 23.2. The summed E-state index contributed by atoms with van der Waals surface area (Å²) in [5.41, 5.74) is 4.45. The Labute approximate surface area is 210 Å². The Morgan fingerprint density at radius 2 is 1.76 bits per heavy atom. The van der Waals surface area contributed by atoms with Crippen LogP contribution in [-0.4, -0.2) is 40.4 Å². The van der Waals surface area contributed by atoms with Crippen LogP contribution in [0, 0.1) is 5.92 Å². The topological polar surface area (TPSA) is 49.3 Å². The van der Waals surface area contributed by atoms with Crippen molar-refractivity contribution in [2.24, 2.45) is 5.92 Å². The molecule has 176 valence electrons. The summed E-state index contributed by atoms with van der Waals surface area (Å²) in [5.74, 6) is 2.50. The van der Waals surface area contributed by atoms with Gasteiger partial charge in [-0.1, -0.05) is 66.7 Å². The molecule has 0 bridgehead atoms. The summed E-state index contributed by atoms with van der Waals surface area (Å²) in [4.78, 5) is 26.4. The van der Waals surface area contributed by atoms with Gasteiger partial charge in [0.05, 0.1) is 0 Å². The minimum Gasteiger partial charge on any atom is -0.356 e. The predicted octanol–water partition coefficient (Wildman–Crippen LogP) is 5.86. The highest BCUT2D eigenvalue weighted by molar-refractivity contribution is 7.98. The number of fused-ring (bicyclic) bond motifs is 1. The fourth-order valence-electron chi connectivity index (χ4n) is 4.59. The normalized spacial score (nSPS) is 16.4. The molecule has 0 spiro atoms. The van der Waals surface area contributed by atoms with Gasteiger partial charge in [0.1, 0.15) is 11.0 Å². The summed E-state index contributed by atoms with van der Waals surface area (Å²) >= 11 is 7.88. The maximum atomic E-state index is 13.0. The van der Waals surface area contributed by atoms with Crippen LogP contribution in [0.3, 0.4) is 0 Å². The predicted molar refractivity (Wildman–Crippen MR) is 139 cm³/mol. The Hall–Kier alpha value is -2.57. The van der Waals surface area contributed by atoms with Crippen molar-refractivity contribution in [3.05, 3.63) is 82.0 Å². The average molecular weight is 493 g/mol. The average Bonchev–Trinajstić information content (AvgIpc) is 2.87. The molecule has 5 nitrogen and oxygen atoms in total. The number of hydrogen-bond acceptors (Lipinski definition) is 5. The van der Waals surface area contributed by atoms with Gasteiger partial charge in [0, 0.05) is 43.6 Å². The lowest BCUT2D eigenvalue weighted by molar-refractivity contribution is 0.0734. The van der Waals surface area contributed by atoms with E-state index in [1.165, 1.54) is 24.0 Å². The zero-order chi connectivity index (χ0) is 23.5. The number of piperidine rings is 1. The molecule has 3 heterocycles. The standard InChI is InChI=1S/C27H29ClN4OS/c1-19-10-13-31(14-11-19)25-16-24(28)29-27(30-25)34-18-20-6-8-22(9-7-20)26(33)32-15-12-21-4-2-3-5-23(21)17-32/h2-9,16,19H,10-15,17-18H2,1H3. The van der Waals surface area contributed by atoms with E-state index in [1.807, 2.05) is 41.3 Å². The first-order valence-electron chi connectivity index (χ1n) is 11.9. The number of thioether (sulfide) groups is 1. The third-order valence-corrected chi connectivity index (χ3v) is 7.87. The second-order valence-corrected chi connectivity index (χ2v) is 10.6. The molecule has 1 amide bonds. The monoisotopic (exact) mass is 492 g/mol. The number of nitrogens with zero attached hydrogens (tertiary/aromatic N) is 4. The fraction of sp³-hybridized carbons (Fsp3) is 0.370. The number of benzene rings is 2. The van der Waals surface area contributed by atoms with Crippen molar-refractivity contribution in [2.45, 2.75) is 43.6 Å². The van der Waals surface area contributed by atoms with Gasteiger partial charge in [-0.05, 0) is 54.0 Å². The van der Waals surface area contributed by atoms with Gasteiger partial charge in [-0.15, -0.1) is 0 Å². The Bertz CT molecular complexity index is 1160. The molecule has 0 unspecified atom stereocenters. The minimum absolute atomic E-state index is 0.0902. The summed E-state index contributed by atoms with van der Waals surface area (Å²) in [6.45, 7) is 5.76. The van der Waals surface area contributed by atoms with Crippen LogP contribution in [0.15, 0.2) is 59.8 Å². The van der Waals surface area contributed by atoms with Crippen molar-refractivity contribution >= 4 is 35.1 Å². The van der Waals surface area contributed by atoms with Crippen molar-refractivity contribution < 1.29 is 4.79 Å². The van der Waals surface area contributed by atoms with Gasteiger partial charge >= 0.3 is 0 Å². The number of anilines is 1. The second-order valence-electron chi connectivity index (χ2n) is 9.23. The number of carbonyl (C=O) groups is 1. The van der Waals surface area contributed by atoms with Crippen LogP contribution >= 0.6 is 23.4 Å². The molecular weight excluding hydrogens is 464 g/mol. The third-order valence-electron chi connectivity index (χ3n) is 6.76. The number of hydrogen-bond donors (Lipinski definition) is 0. The molecule has 1 fully saturated rings. The molecule has 0 N–H and O–H groups in total. The highest BCUT2D eigenvalue weighted by Gasteiger charge is 2.22. The van der Waals surface area contributed by atoms with Gasteiger partial charge in [-0.2, -0.15) is 0 Å². The Kier molecular flexibility index (Phi) is 7.07. The molecule has 0 atom stereocenters. The molecule has 0 aliphatic carbocycles. The van der Waals surface area contributed by atoms with Crippen LogP contribution in [0.4, 0.5) is 5.82 Å². The second kappa shape index (κ2) is 10.4. The van der Waals surface area contributed by atoms with Crippen LogP contribution in [0.5, 0.6) is 0 Å². The summed E-state index contributed by atoms with van der Waals surface area (Å²) in [5, 5.41) is 1.17. The van der Waals surface area contributed by atoms with Gasteiger partial charge in [0.2, 0.25) is 0 Å². The van der Waals surface area contributed by atoms with Gasteiger partial charge < -0.3 is 9.80 Å². The number of carbonyl (C=O) groups excluding carboxylic acids is 1. The lowest BCUT2D eigenvalue weighted by atomic mass is 9.99. The van der Waals surface area contributed by atoms with Crippen LogP contribution in [0.25, 0.3) is 0 Å². The Morgan fingerprint density at radius 3 is 2.53 bits per heavy atom. The zero-order valence-corrected chi connectivity index (χ0v) is 21.0. The summed E-state index contributed by atoms with van der Waals surface area (Å²) in [7, 11) is 0. The Balaban J connectivity index is 1.20. The van der Waals surface area contributed by atoms with E-state index in [-0.39, 0.29) is 5.91 Å². The SMILES string of the molecule is CC1CCN(c2cc(Cl)nc(SCc3ccc(C(=O)N4CCc5ccccc5C4)cc3)n2)CC1. The zero-order valence-electron chi connectivity index (χ0n) is 19.4. The van der Waals surface area contributed by atoms with Crippen LogP contribution in [-0.2, 0) is 18.7 Å². The minimum atomic E-state index is 0.0902. The summed E-state index contributed by atoms with van der Waals surface area (Å²) < 4.78 is 0. The fourth-order valence-corrected chi connectivity index (χ4v) is 5.63. The van der Waals surface area contributed by atoms with Crippen LogP contribution in [0.2, 0.25) is 5.15 Å². The van der Waals surface area contributed by atoms with Crippen LogP contribution < -0.4 is 4.90 Å². The van der Waals surface area contributed by atoms with Gasteiger partial charge in [-0.25, -0.2) is 9.97 Å². The maximum absolute atomic E-state index is 13.0.